The van der Waals surface area contributed by atoms with Crippen LogP contribution in [0.25, 0.3) is 0 Å². The van der Waals surface area contributed by atoms with E-state index in [-0.39, 0.29) is 13.2 Å². The summed E-state index contributed by atoms with van der Waals surface area (Å²) in [6, 6.07) is 7.05. The molecule has 6 heteroatoms. The van der Waals surface area contributed by atoms with E-state index in [0.717, 1.165) is 0 Å². The van der Waals surface area contributed by atoms with Crippen LogP contribution in [0, 0.1) is 0 Å². The van der Waals surface area contributed by atoms with Crippen LogP contribution in [-0.4, -0.2) is 32.5 Å². The second kappa shape index (κ2) is 7.10. The number of alkyl halides is 3. The Bertz CT molecular complexity index is 355. The second-order valence-electron chi connectivity index (χ2n) is 3.52. The van der Waals surface area contributed by atoms with Crippen molar-refractivity contribution in [2.24, 2.45) is 0 Å². The molecule has 0 unspecified atom stereocenters. The van der Waals surface area contributed by atoms with Gasteiger partial charge in [0, 0.05) is 6.54 Å². The molecule has 0 aliphatic heterocycles. The highest BCUT2D eigenvalue weighted by Gasteiger charge is 2.25. The van der Waals surface area contributed by atoms with Gasteiger partial charge in [0.15, 0.2) is 11.5 Å². The standard InChI is InChI=1S/C12H16F3NO2/c1-2-17-10-5-3-4-6-11(10)18-8-7-16-9-12(13,14)15/h3-6,16H,2,7-9H2,1H3. The van der Waals surface area contributed by atoms with Crippen LogP contribution in [0.15, 0.2) is 24.3 Å². The molecule has 0 radical (unpaired) electrons. The topological polar surface area (TPSA) is 30.5 Å². The fourth-order valence-electron chi connectivity index (χ4n) is 1.31. The third kappa shape index (κ3) is 5.77. The molecular weight excluding hydrogens is 247 g/mol. The molecule has 1 aromatic rings. The van der Waals surface area contributed by atoms with E-state index >= 15 is 0 Å². The normalized spacial score (nSPS) is 11.3. The Balaban J connectivity index is 2.31. The SMILES string of the molecule is CCOc1ccccc1OCCNCC(F)(F)F. The zero-order valence-electron chi connectivity index (χ0n) is 10.1. The number of rotatable bonds is 7. The van der Waals surface area contributed by atoms with Gasteiger partial charge in [-0.1, -0.05) is 12.1 Å². The summed E-state index contributed by atoms with van der Waals surface area (Å²) < 4.78 is 46.2. The summed E-state index contributed by atoms with van der Waals surface area (Å²) in [6.07, 6.45) is -4.19. The van der Waals surface area contributed by atoms with Gasteiger partial charge >= 0.3 is 6.18 Å². The molecule has 0 saturated heterocycles. The maximum absolute atomic E-state index is 11.8. The van der Waals surface area contributed by atoms with Crippen molar-refractivity contribution >= 4 is 0 Å². The lowest BCUT2D eigenvalue weighted by molar-refractivity contribution is -0.124. The maximum Gasteiger partial charge on any atom is 0.401 e. The van der Waals surface area contributed by atoms with Crippen molar-refractivity contribution in [3.63, 3.8) is 0 Å². The number of benzene rings is 1. The van der Waals surface area contributed by atoms with Gasteiger partial charge in [0.25, 0.3) is 0 Å². The molecule has 102 valence electrons. The summed E-state index contributed by atoms with van der Waals surface area (Å²) >= 11 is 0. The zero-order valence-corrected chi connectivity index (χ0v) is 10.1. The minimum absolute atomic E-state index is 0.125. The molecule has 0 saturated carbocycles. The molecule has 0 heterocycles. The predicted molar refractivity (Wildman–Crippen MR) is 62.0 cm³/mol. The molecule has 0 spiro atoms. The lowest BCUT2D eigenvalue weighted by Crippen LogP contribution is -2.31. The first-order chi connectivity index (χ1) is 8.53. The molecule has 0 fully saturated rings. The van der Waals surface area contributed by atoms with E-state index in [1.807, 2.05) is 6.92 Å². The van der Waals surface area contributed by atoms with Crippen LogP contribution in [0.1, 0.15) is 6.92 Å². The summed E-state index contributed by atoms with van der Waals surface area (Å²) in [5.41, 5.74) is 0. The van der Waals surface area contributed by atoms with Crippen LogP contribution < -0.4 is 14.8 Å². The van der Waals surface area contributed by atoms with E-state index in [4.69, 9.17) is 9.47 Å². The highest BCUT2D eigenvalue weighted by molar-refractivity contribution is 5.39. The van der Waals surface area contributed by atoms with Crippen molar-refractivity contribution in [1.82, 2.24) is 5.32 Å². The van der Waals surface area contributed by atoms with Crippen LogP contribution in [0.4, 0.5) is 13.2 Å². The largest absolute Gasteiger partial charge is 0.490 e. The summed E-state index contributed by atoms with van der Waals surface area (Å²) in [7, 11) is 0. The minimum atomic E-state index is -4.19. The van der Waals surface area contributed by atoms with Gasteiger partial charge in [-0.15, -0.1) is 0 Å². The van der Waals surface area contributed by atoms with Crippen molar-refractivity contribution in [3.8, 4) is 11.5 Å². The smallest absolute Gasteiger partial charge is 0.401 e. The van der Waals surface area contributed by atoms with Gasteiger partial charge in [-0.3, -0.25) is 0 Å². The Morgan fingerprint density at radius 1 is 1.11 bits per heavy atom. The van der Waals surface area contributed by atoms with Crippen LogP contribution in [-0.2, 0) is 0 Å². The lowest BCUT2D eigenvalue weighted by Gasteiger charge is -2.12. The van der Waals surface area contributed by atoms with E-state index in [1.54, 1.807) is 24.3 Å². The molecule has 1 aromatic carbocycles. The predicted octanol–water partition coefficient (Wildman–Crippen LogP) is 2.62. The van der Waals surface area contributed by atoms with E-state index in [0.29, 0.717) is 18.1 Å². The molecule has 18 heavy (non-hydrogen) atoms. The minimum Gasteiger partial charge on any atom is -0.490 e. The molecule has 1 rings (SSSR count). The number of hydrogen-bond acceptors (Lipinski definition) is 3. The molecule has 0 aliphatic carbocycles. The number of para-hydroxylation sites is 2. The van der Waals surface area contributed by atoms with Gasteiger partial charge < -0.3 is 14.8 Å². The van der Waals surface area contributed by atoms with Crippen LogP contribution in [0.5, 0.6) is 11.5 Å². The Hall–Kier alpha value is -1.43. The Labute approximate surface area is 104 Å². The summed E-state index contributed by atoms with van der Waals surface area (Å²) in [4.78, 5) is 0. The van der Waals surface area contributed by atoms with Crippen LogP contribution in [0.3, 0.4) is 0 Å². The summed E-state index contributed by atoms with van der Waals surface area (Å²) in [5, 5.41) is 2.26. The first-order valence-corrected chi connectivity index (χ1v) is 5.65. The average molecular weight is 263 g/mol. The van der Waals surface area contributed by atoms with Crippen molar-refractivity contribution in [3.05, 3.63) is 24.3 Å². The molecule has 1 N–H and O–H groups in total. The van der Waals surface area contributed by atoms with E-state index < -0.39 is 12.7 Å². The number of ether oxygens (including phenoxy) is 2. The van der Waals surface area contributed by atoms with Crippen molar-refractivity contribution in [2.45, 2.75) is 13.1 Å². The molecule has 0 bridgehead atoms. The fraction of sp³-hybridized carbons (Fsp3) is 0.500. The van der Waals surface area contributed by atoms with Gasteiger partial charge in [-0.25, -0.2) is 0 Å². The van der Waals surface area contributed by atoms with Gasteiger partial charge in [-0.2, -0.15) is 13.2 Å². The highest BCUT2D eigenvalue weighted by atomic mass is 19.4. The Morgan fingerprint density at radius 3 is 2.28 bits per heavy atom. The Morgan fingerprint density at radius 2 is 1.72 bits per heavy atom. The lowest BCUT2D eigenvalue weighted by atomic mass is 10.3. The summed E-state index contributed by atoms with van der Waals surface area (Å²) in [6.45, 7) is 1.62. The molecular formula is C12H16F3NO2. The van der Waals surface area contributed by atoms with Gasteiger partial charge in [0.05, 0.1) is 13.2 Å². The van der Waals surface area contributed by atoms with E-state index in [2.05, 4.69) is 5.32 Å². The molecule has 0 amide bonds. The molecule has 0 aliphatic rings. The summed E-state index contributed by atoms with van der Waals surface area (Å²) in [5.74, 6) is 1.13. The maximum atomic E-state index is 11.8. The van der Waals surface area contributed by atoms with Crippen molar-refractivity contribution in [1.29, 1.82) is 0 Å². The first kappa shape index (κ1) is 14.6. The monoisotopic (exact) mass is 263 g/mol. The van der Waals surface area contributed by atoms with Gasteiger partial charge in [0.2, 0.25) is 0 Å². The number of halogens is 3. The van der Waals surface area contributed by atoms with Crippen molar-refractivity contribution < 1.29 is 22.6 Å². The second-order valence-corrected chi connectivity index (χ2v) is 3.52. The quantitative estimate of drug-likeness (QED) is 0.767. The Kier molecular flexibility index (Phi) is 5.77. The highest BCUT2D eigenvalue weighted by Crippen LogP contribution is 2.26. The molecule has 0 aromatic heterocycles. The average Bonchev–Trinajstić information content (AvgIpc) is 2.29. The van der Waals surface area contributed by atoms with Crippen LogP contribution in [0.2, 0.25) is 0 Å². The van der Waals surface area contributed by atoms with E-state index in [1.165, 1.54) is 0 Å². The first-order valence-electron chi connectivity index (χ1n) is 5.65. The molecule has 3 nitrogen and oxygen atoms in total. The third-order valence-electron chi connectivity index (χ3n) is 2.01. The fourth-order valence-corrected chi connectivity index (χ4v) is 1.31. The number of nitrogens with one attached hydrogen (secondary N) is 1. The molecule has 0 atom stereocenters. The number of hydrogen-bond donors (Lipinski definition) is 1. The van der Waals surface area contributed by atoms with Gasteiger partial charge in [-0.05, 0) is 19.1 Å². The van der Waals surface area contributed by atoms with Gasteiger partial charge in [0.1, 0.15) is 6.61 Å². The van der Waals surface area contributed by atoms with Crippen molar-refractivity contribution in [2.75, 3.05) is 26.3 Å². The van der Waals surface area contributed by atoms with E-state index in [9.17, 15) is 13.2 Å². The zero-order chi connectivity index (χ0) is 13.4. The van der Waals surface area contributed by atoms with Crippen LogP contribution >= 0.6 is 0 Å². The third-order valence-corrected chi connectivity index (χ3v) is 2.01.